The van der Waals surface area contributed by atoms with Crippen LogP contribution < -0.4 is 5.73 Å². The molecule has 0 saturated carbocycles. The number of sulfone groups is 1. The van der Waals surface area contributed by atoms with Crippen molar-refractivity contribution >= 4 is 15.7 Å². The van der Waals surface area contributed by atoms with Crippen LogP contribution >= 0.6 is 0 Å². The number of amides is 1. The first-order chi connectivity index (χ1) is 7.78. The Morgan fingerprint density at radius 2 is 2.12 bits per heavy atom. The van der Waals surface area contributed by atoms with E-state index in [0.29, 0.717) is 0 Å². The normalized spacial score (nSPS) is 27.5. The number of hydrogen-bond donors (Lipinski definition) is 1. The number of rotatable bonds is 3. The molecule has 5 nitrogen and oxygen atoms in total. The van der Waals surface area contributed by atoms with Crippen molar-refractivity contribution in [1.82, 2.24) is 4.90 Å². The fourth-order valence-corrected chi connectivity index (χ4v) is 3.57. The first-order valence-electron chi connectivity index (χ1n) is 6.05. The Labute approximate surface area is 103 Å². The maximum absolute atomic E-state index is 12.1. The van der Waals surface area contributed by atoms with Crippen molar-refractivity contribution in [3.05, 3.63) is 0 Å². The molecular formula is C11H22N2O3S. The second-order valence-electron chi connectivity index (χ2n) is 4.91. The monoisotopic (exact) mass is 262 g/mol. The minimum Gasteiger partial charge on any atom is -0.337 e. The summed E-state index contributed by atoms with van der Waals surface area (Å²) in [4.78, 5) is 13.7. The van der Waals surface area contributed by atoms with E-state index in [0.717, 1.165) is 6.42 Å². The van der Waals surface area contributed by atoms with Gasteiger partial charge in [-0.1, -0.05) is 20.3 Å². The second kappa shape index (κ2) is 5.35. The maximum atomic E-state index is 12.1. The van der Waals surface area contributed by atoms with Gasteiger partial charge >= 0.3 is 0 Å². The third kappa shape index (κ3) is 3.42. The highest BCUT2D eigenvalue weighted by molar-refractivity contribution is 7.91. The first kappa shape index (κ1) is 14.4. The SMILES string of the molecule is CCC(C)[C@H](N)C(=O)N1CCS(=O)(=O)CC1C. The minimum absolute atomic E-state index is 0.0476. The van der Waals surface area contributed by atoms with E-state index in [2.05, 4.69) is 0 Å². The molecule has 3 atom stereocenters. The van der Waals surface area contributed by atoms with Gasteiger partial charge in [0.1, 0.15) is 0 Å². The van der Waals surface area contributed by atoms with Crippen molar-refractivity contribution in [3.8, 4) is 0 Å². The predicted molar refractivity (Wildman–Crippen MR) is 67.3 cm³/mol. The van der Waals surface area contributed by atoms with Crippen LogP contribution in [0.25, 0.3) is 0 Å². The zero-order chi connectivity index (χ0) is 13.2. The second-order valence-corrected chi connectivity index (χ2v) is 7.14. The molecule has 100 valence electrons. The molecule has 0 radical (unpaired) electrons. The summed E-state index contributed by atoms with van der Waals surface area (Å²) in [6.45, 7) is 5.96. The van der Waals surface area contributed by atoms with E-state index in [9.17, 15) is 13.2 Å². The molecule has 0 spiro atoms. The summed E-state index contributed by atoms with van der Waals surface area (Å²) >= 11 is 0. The molecule has 0 aromatic rings. The molecule has 1 aliphatic heterocycles. The van der Waals surface area contributed by atoms with Crippen LogP contribution in [0, 0.1) is 5.92 Å². The molecule has 0 aliphatic carbocycles. The molecule has 2 unspecified atom stereocenters. The average Bonchev–Trinajstić information content (AvgIpc) is 2.25. The van der Waals surface area contributed by atoms with Crippen molar-refractivity contribution in [3.63, 3.8) is 0 Å². The van der Waals surface area contributed by atoms with Crippen LogP contribution in [0.15, 0.2) is 0 Å². The van der Waals surface area contributed by atoms with Gasteiger partial charge in [0.25, 0.3) is 0 Å². The van der Waals surface area contributed by atoms with Crippen molar-refractivity contribution in [2.45, 2.75) is 39.3 Å². The molecule has 0 aromatic carbocycles. The quantitative estimate of drug-likeness (QED) is 0.776. The maximum Gasteiger partial charge on any atom is 0.240 e. The van der Waals surface area contributed by atoms with Gasteiger partial charge in [-0.05, 0) is 12.8 Å². The lowest BCUT2D eigenvalue weighted by Crippen LogP contribution is -2.56. The van der Waals surface area contributed by atoms with Crippen molar-refractivity contribution in [2.75, 3.05) is 18.1 Å². The van der Waals surface area contributed by atoms with Crippen LogP contribution in [0.1, 0.15) is 27.2 Å². The van der Waals surface area contributed by atoms with Crippen molar-refractivity contribution in [2.24, 2.45) is 11.7 Å². The van der Waals surface area contributed by atoms with Gasteiger partial charge in [0.15, 0.2) is 9.84 Å². The van der Waals surface area contributed by atoms with Crippen LogP contribution in [0.2, 0.25) is 0 Å². The Kier molecular flexibility index (Phi) is 4.55. The summed E-state index contributed by atoms with van der Waals surface area (Å²) in [5, 5.41) is 0. The van der Waals surface area contributed by atoms with Gasteiger partial charge in [0.05, 0.1) is 17.5 Å². The molecule has 6 heteroatoms. The Balaban J connectivity index is 2.71. The molecule has 1 fully saturated rings. The molecule has 1 saturated heterocycles. The average molecular weight is 262 g/mol. The zero-order valence-electron chi connectivity index (χ0n) is 10.7. The Hall–Kier alpha value is -0.620. The van der Waals surface area contributed by atoms with Crippen LogP contribution in [0.3, 0.4) is 0 Å². The third-order valence-electron chi connectivity index (χ3n) is 3.50. The number of carbonyl (C=O) groups excluding carboxylic acids is 1. The summed E-state index contributed by atoms with van der Waals surface area (Å²) in [7, 11) is -2.98. The van der Waals surface area contributed by atoms with E-state index in [1.165, 1.54) is 0 Å². The molecule has 1 aliphatic rings. The van der Waals surface area contributed by atoms with Gasteiger partial charge in [-0.3, -0.25) is 4.79 Å². The molecule has 2 N–H and O–H groups in total. The molecule has 0 bridgehead atoms. The standard InChI is InChI=1S/C11H22N2O3S/c1-4-8(2)10(12)11(14)13-5-6-17(15,16)7-9(13)3/h8-10H,4-7,12H2,1-3H3/t8?,9?,10-/m0/s1. The topological polar surface area (TPSA) is 80.5 Å². The minimum atomic E-state index is -2.98. The van der Waals surface area contributed by atoms with Crippen molar-refractivity contribution in [1.29, 1.82) is 0 Å². The van der Waals surface area contributed by atoms with Crippen LogP contribution in [0.5, 0.6) is 0 Å². The van der Waals surface area contributed by atoms with E-state index in [1.54, 1.807) is 11.8 Å². The Morgan fingerprint density at radius 1 is 1.53 bits per heavy atom. The van der Waals surface area contributed by atoms with Gasteiger partial charge in [-0.25, -0.2) is 8.42 Å². The van der Waals surface area contributed by atoms with Crippen molar-refractivity contribution < 1.29 is 13.2 Å². The molecular weight excluding hydrogens is 240 g/mol. The van der Waals surface area contributed by atoms with Crippen LogP contribution in [0.4, 0.5) is 0 Å². The smallest absolute Gasteiger partial charge is 0.240 e. The van der Waals surface area contributed by atoms with Gasteiger partial charge < -0.3 is 10.6 Å². The summed E-state index contributed by atoms with van der Waals surface area (Å²) in [6.07, 6.45) is 0.841. The zero-order valence-corrected chi connectivity index (χ0v) is 11.5. The number of hydrogen-bond acceptors (Lipinski definition) is 4. The summed E-state index contributed by atoms with van der Waals surface area (Å²) < 4.78 is 22.8. The Bertz CT molecular complexity index is 380. The van der Waals surface area contributed by atoms with Crippen LogP contribution in [-0.4, -0.2) is 49.4 Å². The number of nitrogens with two attached hydrogens (primary N) is 1. The van der Waals surface area contributed by atoms with E-state index in [-0.39, 0.29) is 35.9 Å². The van der Waals surface area contributed by atoms with Gasteiger partial charge in [-0.2, -0.15) is 0 Å². The molecule has 1 rings (SSSR count). The van der Waals surface area contributed by atoms with Gasteiger partial charge in [0.2, 0.25) is 5.91 Å². The summed E-state index contributed by atoms with van der Waals surface area (Å²) in [6, 6.07) is -0.792. The van der Waals surface area contributed by atoms with Gasteiger partial charge in [0, 0.05) is 12.6 Å². The number of carbonyl (C=O) groups is 1. The van der Waals surface area contributed by atoms with Crippen LogP contribution in [-0.2, 0) is 14.6 Å². The summed E-state index contributed by atoms with van der Waals surface area (Å²) in [5.41, 5.74) is 5.89. The van der Waals surface area contributed by atoms with Gasteiger partial charge in [-0.15, -0.1) is 0 Å². The molecule has 1 heterocycles. The summed E-state index contributed by atoms with van der Waals surface area (Å²) in [5.74, 6) is 0.0948. The fraction of sp³-hybridized carbons (Fsp3) is 0.909. The lowest BCUT2D eigenvalue weighted by molar-refractivity contribution is -0.135. The predicted octanol–water partition coefficient (Wildman–Crippen LogP) is 0.00530. The Morgan fingerprint density at radius 3 is 2.59 bits per heavy atom. The molecule has 17 heavy (non-hydrogen) atoms. The van der Waals surface area contributed by atoms with E-state index >= 15 is 0 Å². The highest BCUT2D eigenvalue weighted by Gasteiger charge is 2.34. The third-order valence-corrected chi connectivity index (χ3v) is 5.29. The number of nitrogens with zero attached hydrogens (tertiary/aromatic N) is 1. The lowest BCUT2D eigenvalue weighted by Gasteiger charge is -2.35. The van der Waals surface area contributed by atoms with E-state index < -0.39 is 15.9 Å². The highest BCUT2D eigenvalue weighted by Crippen LogP contribution is 2.15. The van der Waals surface area contributed by atoms with E-state index in [1.807, 2.05) is 13.8 Å². The largest absolute Gasteiger partial charge is 0.337 e. The fourth-order valence-electron chi connectivity index (χ4n) is 2.01. The molecule has 0 aromatic heterocycles. The van der Waals surface area contributed by atoms with E-state index in [4.69, 9.17) is 5.73 Å². The molecule has 1 amide bonds. The lowest BCUT2D eigenvalue weighted by atomic mass is 9.98. The first-order valence-corrected chi connectivity index (χ1v) is 7.87. The highest BCUT2D eigenvalue weighted by atomic mass is 32.2.